The number of esters is 1. The topological polar surface area (TPSA) is 69.4 Å². The first-order valence-electron chi connectivity index (χ1n) is 10.00. The van der Waals surface area contributed by atoms with Crippen LogP contribution in [0.4, 0.5) is 4.39 Å². The van der Waals surface area contributed by atoms with Gasteiger partial charge in [-0.2, -0.15) is 0 Å². The van der Waals surface area contributed by atoms with E-state index >= 15 is 0 Å². The molecule has 0 fully saturated rings. The van der Waals surface area contributed by atoms with Crippen LogP contribution in [0.3, 0.4) is 0 Å². The highest BCUT2D eigenvalue weighted by Crippen LogP contribution is 2.44. The van der Waals surface area contributed by atoms with Gasteiger partial charge in [0.05, 0.1) is 5.92 Å². The number of benzene rings is 3. The minimum absolute atomic E-state index is 0.101. The smallest absolute Gasteiger partial charge is 0.315 e. The maximum absolute atomic E-state index is 13.4. The predicted octanol–water partition coefficient (Wildman–Crippen LogP) is 4.75. The van der Waals surface area contributed by atoms with Crippen molar-refractivity contribution in [1.82, 2.24) is 0 Å². The average Bonchev–Trinajstić information content (AvgIpc) is 3.07. The van der Waals surface area contributed by atoms with Crippen molar-refractivity contribution in [3.05, 3.63) is 95.3 Å². The Hall–Kier alpha value is -3.02. The van der Waals surface area contributed by atoms with E-state index in [4.69, 9.17) is 22.1 Å². The molecule has 31 heavy (non-hydrogen) atoms. The van der Waals surface area contributed by atoms with E-state index in [0.29, 0.717) is 5.56 Å². The molecule has 0 heterocycles. The van der Waals surface area contributed by atoms with E-state index in [1.54, 1.807) is 0 Å². The molecule has 2 unspecified atom stereocenters. The summed E-state index contributed by atoms with van der Waals surface area (Å²) in [6.45, 7) is 0.131. The van der Waals surface area contributed by atoms with Gasteiger partial charge in [-0.1, -0.05) is 60.7 Å². The minimum Gasteiger partial charge on any atom is -0.464 e. The highest BCUT2D eigenvalue weighted by molar-refractivity contribution is 6.63. The second kappa shape index (κ2) is 9.00. The third-order valence-electron chi connectivity index (χ3n) is 5.66. The summed E-state index contributed by atoms with van der Waals surface area (Å²) in [5, 5.41) is -0.647. The molecule has 1 aliphatic carbocycles. The van der Waals surface area contributed by atoms with Gasteiger partial charge in [0, 0.05) is 18.4 Å². The summed E-state index contributed by atoms with van der Waals surface area (Å²) in [5.41, 5.74) is 11.0. The molecule has 0 amide bonds. The molecule has 0 saturated carbocycles. The van der Waals surface area contributed by atoms with Gasteiger partial charge in [-0.3, -0.25) is 9.59 Å². The molecule has 1 aliphatic rings. The molecule has 0 spiro atoms. The van der Waals surface area contributed by atoms with Crippen molar-refractivity contribution in [2.75, 3.05) is 6.61 Å². The standard InChI is InChI=1S/C25H21ClFNO3/c26-23(29)13-22(28)24(15-9-11-16(27)12-10-15)25(30)31-14-21-19-7-3-1-5-17(19)18-6-2-4-8-20(18)21/h1-12,21-22,24H,13-14,28H2. The van der Waals surface area contributed by atoms with Gasteiger partial charge in [0.2, 0.25) is 5.24 Å². The molecule has 3 aromatic carbocycles. The van der Waals surface area contributed by atoms with Gasteiger partial charge < -0.3 is 10.5 Å². The molecule has 6 heteroatoms. The van der Waals surface area contributed by atoms with Crippen LogP contribution in [0, 0.1) is 5.82 Å². The van der Waals surface area contributed by atoms with E-state index in [9.17, 15) is 14.0 Å². The fraction of sp³-hybridized carbons (Fsp3) is 0.200. The van der Waals surface area contributed by atoms with Crippen LogP contribution in [0.2, 0.25) is 0 Å². The second-order valence-corrected chi connectivity index (χ2v) is 8.03. The van der Waals surface area contributed by atoms with E-state index in [-0.39, 0.29) is 18.9 Å². The molecule has 3 aromatic rings. The largest absolute Gasteiger partial charge is 0.464 e. The van der Waals surface area contributed by atoms with E-state index in [2.05, 4.69) is 12.1 Å². The maximum atomic E-state index is 13.4. The Morgan fingerprint density at radius 3 is 2.03 bits per heavy atom. The molecule has 0 aliphatic heterocycles. The summed E-state index contributed by atoms with van der Waals surface area (Å²) in [7, 11) is 0. The van der Waals surface area contributed by atoms with Crippen LogP contribution in [-0.4, -0.2) is 23.9 Å². The lowest BCUT2D eigenvalue weighted by molar-refractivity contribution is -0.146. The summed E-state index contributed by atoms with van der Waals surface area (Å²) in [5.74, 6) is -2.04. The van der Waals surface area contributed by atoms with E-state index in [1.807, 2.05) is 36.4 Å². The van der Waals surface area contributed by atoms with Crippen LogP contribution in [0.25, 0.3) is 11.1 Å². The van der Waals surface area contributed by atoms with Crippen LogP contribution < -0.4 is 5.73 Å². The van der Waals surface area contributed by atoms with Gasteiger partial charge in [-0.05, 0) is 51.6 Å². The number of rotatable bonds is 7. The number of hydrogen-bond donors (Lipinski definition) is 1. The van der Waals surface area contributed by atoms with Gasteiger partial charge in [-0.25, -0.2) is 4.39 Å². The first-order chi connectivity index (χ1) is 15.0. The van der Waals surface area contributed by atoms with Gasteiger partial charge in [0.25, 0.3) is 0 Å². The van der Waals surface area contributed by atoms with Crippen molar-refractivity contribution in [1.29, 1.82) is 0 Å². The SMILES string of the molecule is NC(CC(=O)Cl)C(C(=O)OCC1c2ccccc2-c2ccccc21)c1ccc(F)cc1. The Morgan fingerprint density at radius 1 is 0.935 bits per heavy atom. The summed E-state index contributed by atoms with van der Waals surface area (Å²) in [4.78, 5) is 24.5. The normalized spacial score (nSPS) is 14.4. The van der Waals surface area contributed by atoms with E-state index in [1.165, 1.54) is 24.3 Å². The summed E-state index contributed by atoms with van der Waals surface area (Å²) >= 11 is 5.50. The Balaban J connectivity index is 1.58. The molecular weight excluding hydrogens is 417 g/mol. The second-order valence-electron chi connectivity index (χ2n) is 7.61. The molecule has 0 bridgehead atoms. The number of nitrogens with two attached hydrogens (primary N) is 1. The summed E-state index contributed by atoms with van der Waals surface area (Å²) in [6.07, 6.45) is -0.201. The molecule has 0 saturated heterocycles. The highest BCUT2D eigenvalue weighted by Gasteiger charge is 2.33. The monoisotopic (exact) mass is 437 g/mol. The third kappa shape index (κ3) is 4.38. The quantitative estimate of drug-likeness (QED) is 0.428. The number of hydrogen-bond acceptors (Lipinski definition) is 4. The van der Waals surface area contributed by atoms with E-state index < -0.39 is 29.0 Å². The summed E-state index contributed by atoms with van der Waals surface area (Å²) < 4.78 is 19.1. The number of ether oxygens (including phenoxy) is 1. The number of halogens is 2. The molecule has 4 nitrogen and oxygen atoms in total. The first-order valence-corrected chi connectivity index (χ1v) is 10.4. The fourth-order valence-corrected chi connectivity index (χ4v) is 4.40. The summed E-state index contributed by atoms with van der Waals surface area (Å²) in [6, 6.07) is 20.6. The van der Waals surface area contributed by atoms with Gasteiger partial charge in [0.1, 0.15) is 12.4 Å². The van der Waals surface area contributed by atoms with Gasteiger partial charge >= 0.3 is 5.97 Å². The zero-order chi connectivity index (χ0) is 22.0. The molecule has 4 rings (SSSR count). The molecule has 2 atom stereocenters. The molecule has 0 aromatic heterocycles. The number of fused-ring (bicyclic) bond motifs is 3. The van der Waals surface area contributed by atoms with Crippen LogP contribution >= 0.6 is 11.6 Å². The van der Waals surface area contributed by atoms with Crippen molar-refractivity contribution in [2.45, 2.75) is 24.3 Å². The van der Waals surface area contributed by atoms with Crippen molar-refractivity contribution in [3.8, 4) is 11.1 Å². The predicted molar refractivity (Wildman–Crippen MR) is 117 cm³/mol. The van der Waals surface area contributed by atoms with Crippen molar-refractivity contribution in [2.24, 2.45) is 5.73 Å². The number of carbonyl (C=O) groups excluding carboxylic acids is 2. The van der Waals surface area contributed by atoms with Gasteiger partial charge in [0.15, 0.2) is 0 Å². The van der Waals surface area contributed by atoms with E-state index in [0.717, 1.165) is 22.3 Å². The minimum atomic E-state index is -0.935. The maximum Gasteiger partial charge on any atom is 0.315 e. The molecule has 2 N–H and O–H groups in total. The van der Waals surface area contributed by atoms with Gasteiger partial charge in [-0.15, -0.1) is 0 Å². The van der Waals surface area contributed by atoms with Crippen molar-refractivity contribution in [3.63, 3.8) is 0 Å². The van der Waals surface area contributed by atoms with Crippen molar-refractivity contribution >= 4 is 22.8 Å². The highest BCUT2D eigenvalue weighted by atomic mass is 35.5. The van der Waals surface area contributed by atoms with Crippen molar-refractivity contribution < 1.29 is 18.7 Å². The Kier molecular flexibility index (Phi) is 6.16. The Morgan fingerprint density at radius 2 is 1.48 bits per heavy atom. The van der Waals surface area contributed by atoms with Crippen LogP contribution in [0.15, 0.2) is 72.8 Å². The van der Waals surface area contributed by atoms with Crippen LogP contribution in [0.1, 0.15) is 34.9 Å². The number of carbonyl (C=O) groups is 2. The first kappa shape index (κ1) is 21.2. The van der Waals surface area contributed by atoms with Crippen LogP contribution in [0.5, 0.6) is 0 Å². The van der Waals surface area contributed by atoms with Crippen LogP contribution in [-0.2, 0) is 14.3 Å². The lowest BCUT2D eigenvalue weighted by atomic mass is 9.90. The molecular formula is C25H21ClFNO3. The third-order valence-corrected chi connectivity index (χ3v) is 5.82. The Labute approximate surface area is 184 Å². The average molecular weight is 438 g/mol. The zero-order valence-corrected chi connectivity index (χ0v) is 17.4. The molecule has 158 valence electrons. The fourth-order valence-electron chi connectivity index (χ4n) is 4.23. The zero-order valence-electron chi connectivity index (χ0n) is 16.6. The lowest BCUT2D eigenvalue weighted by Crippen LogP contribution is -2.36. The lowest BCUT2D eigenvalue weighted by Gasteiger charge is -2.23. The molecule has 0 radical (unpaired) electrons. The Bertz CT molecular complexity index is 1070.